The molecule has 0 bridgehead atoms. The molecule has 1 aliphatic rings. The molecule has 0 radical (unpaired) electrons. The van der Waals surface area contributed by atoms with Gasteiger partial charge in [0.2, 0.25) is 0 Å². The maximum atomic E-state index is 11.1. The number of nitrogens with zero attached hydrogens (tertiary/aromatic N) is 2. The van der Waals surface area contributed by atoms with Crippen molar-refractivity contribution >= 4 is 16.8 Å². The lowest BCUT2D eigenvalue weighted by Crippen LogP contribution is -2.12. The molecule has 0 aliphatic heterocycles. The number of benzene rings is 1. The van der Waals surface area contributed by atoms with E-state index < -0.39 is 11.1 Å². The number of hydrogen-bond donors (Lipinski definition) is 2. The number of anilines is 1. The second-order valence-corrected chi connectivity index (χ2v) is 6.43. The maximum Gasteiger partial charge on any atom is 0.186 e. The highest BCUT2D eigenvalue weighted by molar-refractivity contribution is 7.79. The van der Waals surface area contributed by atoms with E-state index in [2.05, 4.69) is 4.98 Å². The molecule has 1 atom stereocenters. The third-order valence-corrected chi connectivity index (χ3v) is 4.76. The van der Waals surface area contributed by atoms with Gasteiger partial charge in [-0.05, 0) is 31.0 Å². The SMILES string of the molecule is Nc1cc(S(=O)O)ccc1-n1ccnc1C1CCCCC1. The number of rotatable bonds is 3. The van der Waals surface area contributed by atoms with Gasteiger partial charge in [0, 0.05) is 18.3 Å². The van der Waals surface area contributed by atoms with E-state index in [1.54, 1.807) is 24.4 Å². The van der Waals surface area contributed by atoms with Crippen LogP contribution >= 0.6 is 0 Å². The summed E-state index contributed by atoms with van der Waals surface area (Å²) < 4.78 is 22.2. The Morgan fingerprint density at radius 1 is 1.29 bits per heavy atom. The van der Waals surface area contributed by atoms with E-state index in [0.29, 0.717) is 16.5 Å². The zero-order valence-corrected chi connectivity index (χ0v) is 12.6. The van der Waals surface area contributed by atoms with Gasteiger partial charge < -0.3 is 14.9 Å². The highest BCUT2D eigenvalue weighted by Gasteiger charge is 2.21. The summed E-state index contributed by atoms with van der Waals surface area (Å²) in [6, 6.07) is 4.97. The van der Waals surface area contributed by atoms with E-state index in [9.17, 15) is 4.21 Å². The van der Waals surface area contributed by atoms with Crippen molar-refractivity contribution in [1.29, 1.82) is 0 Å². The molecule has 6 heteroatoms. The van der Waals surface area contributed by atoms with Gasteiger partial charge in [0.1, 0.15) is 5.82 Å². The first-order chi connectivity index (χ1) is 10.2. The van der Waals surface area contributed by atoms with Crippen LogP contribution in [0.25, 0.3) is 5.69 Å². The van der Waals surface area contributed by atoms with Crippen LogP contribution in [0.1, 0.15) is 43.8 Å². The summed E-state index contributed by atoms with van der Waals surface area (Å²) in [5.41, 5.74) is 7.37. The van der Waals surface area contributed by atoms with Gasteiger partial charge in [-0.3, -0.25) is 0 Å². The Bertz CT molecular complexity index is 663. The van der Waals surface area contributed by atoms with Gasteiger partial charge in [-0.25, -0.2) is 9.19 Å². The Morgan fingerprint density at radius 3 is 2.71 bits per heavy atom. The molecule has 1 fully saturated rings. The molecular formula is C15H19N3O2S. The van der Waals surface area contributed by atoms with Crippen LogP contribution in [0.3, 0.4) is 0 Å². The smallest absolute Gasteiger partial charge is 0.186 e. The van der Waals surface area contributed by atoms with Crippen molar-refractivity contribution in [2.45, 2.75) is 42.9 Å². The van der Waals surface area contributed by atoms with Crippen LogP contribution in [0, 0.1) is 0 Å². The highest BCUT2D eigenvalue weighted by Crippen LogP contribution is 2.33. The zero-order chi connectivity index (χ0) is 14.8. The lowest BCUT2D eigenvalue weighted by Gasteiger charge is -2.22. The standard InChI is InChI=1S/C15H19N3O2S/c16-13-10-12(21(19)20)6-7-14(13)18-9-8-17-15(18)11-4-2-1-3-5-11/h6-11H,1-5,16H2,(H,19,20). The van der Waals surface area contributed by atoms with Gasteiger partial charge in [-0.1, -0.05) is 19.3 Å². The molecule has 2 aromatic rings. The monoisotopic (exact) mass is 305 g/mol. The summed E-state index contributed by atoms with van der Waals surface area (Å²) in [4.78, 5) is 4.83. The molecule has 1 unspecified atom stereocenters. The Kier molecular flexibility index (Phi) is 4.07. The van der Waals surface area contributed by atoms with Crippen molar-refractivity contribution in [3.8, 4) is 5.69 Å². The van der Waals surface area contributed by atoms with E-state index in [4.69, 9.17) is 10.3 Å². The molecule has 3 N–H and O–H groups in total. The van der Waals surface area contributed by atoms with E-state index in [-0.39, 0.29) is 0 Å². The number of hydrogen-bond acceptors (Lipinski definition) is 3. The minimum atomic E-state index is -2.01. The summed E-state index contributed by atoms with van der Waals surface area (Å²) in [6.07, 6.45) is 9.82. The predicted molar refractivity (Wildman–Crippen MR) is 82.8 cm³/mol. The molecule has 21 heavy (non-hydrogen) atoms. The first-order valence-electron chi connectivity index (χ1n) is 7.21. The third kappa shape index (κ3) is 2.87. The maximum absolute atomic E-state index is 11.1. The van der Waals surface area contributed by atoms with Gasteiger partial charge >= 0.3 is 0 Å². The highest BCUT2D eigenvalue weighted by atomic mass is 32.2. The number of nitrogen functional groups attached to an aromatic ring is 1. The fourth-order valence-electron chi connectivity index (χ4n) is 3.04. The Balaban J connectivity index is 1.97. The van der Waals surface area contributed by atoms with Crippen LogP contribution in [-0.4, -0.2) is 18.3 Å². The zero-order valence-electron chi connectivity index (χ0n) is 11.7. The van der Waals surface area contributed by atoms with Crippen LogP contribution in [0.15, 0.2) is 35.5 Å². The molecule has 1 saturated carbocycles. The first kappa shape index (κ1) is 14.3. The molecule has 112 valence electrons. The van der Waals surface area contributed by atoms with E-state index in [1.165, 1.54) is 19.3 Å². The minimum Gasteiger partial charge on any atom is -0.397 e. The molecule has 1 aromatic heterocycles. The molecule has 5 nitrogen and oxygen atoms in total. The summed E-state index contributed by atoms with van der Waals surface area (Å²) in [5.74, 6) is 1.51. The lowest BCUT2D eigenvalue weighted by molar-refractivity contribution is 0.425. The van der Waals surface area contributed by atoms with E-state index in [0.717, 1.165) is 24.4 Å². The molecular weight excluding hydrogens is 286 g/mol. The fraction of sp³-hybridized carbons (Fsp3) is 0.400. The minimum absolute atomic E-state index is 0.315. The average molecular weight is 305 g/mol. The van der Waals surface area contributed by atoms with Gasteiger partial charge in [0.05, 0.1) is 16.3 Å². The third-order valence-electron chi connectivity index (χ3n) is 4.10. The van der Waals surface area contributed by atoms with Crippen LogP contribution in [-0.2, 0) is 11.1 Å². The van der Waals surface area contributed by atoms with Gasteiger partial charge in [0.15, 0.2) is 11.1 Å². The van der Waals surface area contributed by atoms with E-state index in [1.807, 2.05) is 10.8 Å². The number of nitrogens with two attached hydrogens (primary N) is 1. The van der Waals surface area contributed by atoms with Crippen LogP contribution in [0.4, 0.5) is 5.69 Å². The molecule has 1 aromatic carbocycles. The molecule has 1 aliphatic carbocycles. The van der Waals surface area contributed by atoms with Crippen molar-refractivity contribution < 1.29 is 8.76 Å². The Hall–Kier alpha value is -1.66. The molecule has 3 rings (SSSR count). The van der Waals surface area contributed by atoms with Crippen molar-refractivity contribution in [2.24, 2.45) is 0 Å². The fourth-order valence-corrected chi connectivity index (χ4v) is 3.45. The van der Waals surface area contributed by atoms with Crippen molar-refractivity contribution in [3.63, 3.8) is 0 Å². The molecule has 0 spiro atoms. The van der Waals surface area contributed by atoms with Gasteiger partial charge in [0.25, 0.3) is 0 Å². The Labute approximate surface area is 126 Å². The summed E-state index contributed by atoms with van der Waals surface area (Å²) in [5, 5.41) is 0. The normalized spacial score (nSPS) is 17.8. The lowest BCUT2D eigenvalue weighted by atomic mass is 9.88. The van der Waals surface area contributed by atoms with Crippen LogP contribution < -0.4 is 5.73 Å². The second-order valence-electron chi connectivity index (χ2n) is 5.46. The van der Waals surface area contributed by atoms with Crippen LogP contribution in [0.2, 0.25) is 0 Å². The van der Waals surface area contributed by atoms with Crippen LogP contribution in [0.5, 0.6) is 0 Å². The number of imidazole rings is 1. The quantitative estimate of drug-likeness (QED) is 0.674. The first-order valence-corrected chi connectivity index (χ1v) is 8.31. The van der Waals surface area contributed by atoms with E-state index >= 15 is 0 Å². The predicted octanol–water partition coefficient (Wildman–Crippen LogP) is 3.08. The largest absolute Gasteiger partial charge is 0.397 e. The number of aromatic nitrogens is 2. The summed E-state index contributed by atoms with van der Waals surface area (Å²) in [6.45, 7) is 0. The molecule has 0 saturated heterocycles. The topological polar surface area (TPSA) is 81.1 Å². The van der Waals surface area contributed by atoms with Gasteiger partial charge in [-0.2, -0.15) is 0 Å². The van der Waals surface area contributed by atoms with Crippen molar-refractivity contribution in [2.75, 3.05) is 5.73 Å². The second kappa shape index (κ2) is 5.99. The summed E-state index contributed by atoms with van der Waals surface area (Å²) >= 11 is -2.01. The van der Waals surface area contributed by atoms with Crippen molar-refractivity contribution in [1.82, 2.24) is 9.55 Å². The summed E-state index contributed by atoms with van der Waals surface area (Å²) in [7, 11) is 0. The van der Waals surface area contributed by atoms with Crippen molar-refractivity contribution in [3.05, 3.63) is 36.4 Å². The molecule has 1 heterocycles. The molecule has 0 amide bonds. The average Bonchev–Trinajstić information content (AvgIpc) is 2.97. The Morgan fingerprint density at radius 2 is 2.05 bits per heavy atom. The van der Waals surface area contributed by atoms with Gasteiger partial charge in [-0.15, -0.1) is 0 Å².